The lowest BCUT2D eigenvalue weighted by atomic mass is 10.1. The minimum absolute atomic E-state index is 0.439. The summed E-state index contributed by atoms with van der Waals surface area (Å²) >= 11 is 2.03. The zero-order valence-electron chi connectivity index (χ0n) is 12.6. The summed E-state index contributed by atoms with van der Waals surface area (Å²) in [6.07, 6.45) is 1.17. The van der Waals surface area contributed by atoms with Crippen LogP contribution in [0.15, 0.2) is 24.3 Å². The zero-order valence-corrected chi connectivity index (χ0v) is 13.4. The minimum Gasteiger partial charge on any atom is -0.497 e. The average Bonchev–Trinajstić information content (AvgIpc) is 2.42. The molecule has 1 aromatic rings. The van der Waals surface area contributed by atoms with Gasteiger partial charge in [0.1, 0.15) is 5.75 Å². The molecule has 108 valence electrons. The molecule has 1 aromatic carbocycles. The highest BCUT2D eigenvalue weighted by molar-refractivity contribution is 7.99. The molecule has 2 nitrogen and oxygen atoms in total. The summed E-state index contributed by atoms with van der Waals surface area (Å²) in [5, 5.41) is 3.64. The van der Waals surface area contributed by atoms with Crippen LogP contribution in [0.4, 0.5) is 0 Å². The van der Waals surface area contributed by atoms with Gasteiger partial charge in [0, 0.05) is 11.8 Å². The summed E-state index contributed by atoms with van der Waals surface area (Å²) < 4.78 is 5.22. The van der Waals surface area contributed by atoms with Crippen molar-refractivity contribution in [3.8, 4) is 5.75 Å². The van der Waals surface area contributed by atoms with Crippen molar-refractivity contribution in [3.63, 3.8) is 0 Å². The maximum absolute atomic E-state index is 5.22. The van der Waals surface area contributed by atoms with Gasteiger partial charge in [-0.25, -0.2) is 0 Å². The molecule has 0 aliphatic carbocycles. The van der Waals surface area contributed by atoms with Crippen LogP contribution in [-0.2, 0) is 0 Å². The molecule has 0 fully saturated rings. The smallest absolute Gasteiger partial charge is 0.118 e. The number of ether oxygens (including phenoxy) is 1. The molecule has 0 aliphatic heterocycles. The van der Waals surface area contributed by atoms with Gasteiger partial charge in [0.15, 0.2) is 0 Å². The molecule has 0 radical (unpaired) electrons. The topological polar surface area (TPSA) is 21.3 Å². The summed E-state index contributed by atoms with van der Waals surface area (Å²) in [4.78, 5) is 0. The Morgan fingerprint density at radius 3 is 2.37 bits per heavy atom. The lowest BCUT2D eigenvalue weighted by Crippen LogP contribution is -2.24. The van der Waals surface area contributed by atoms with Crippen LogP contribution in [0.3, 0.4) is 0 Å². The van der Waals surface area contributed by atoms with Crippen LogP contribution >= 0.6 is 11.8 Å². The second-order valence-corrected chi connectivity index (χ2v) is 6.29. The van der Waals surface area contributed by atoms with E-state index in [1.54, 1.807) is 7.11 Å². The first kappa shape index (κ1) is 16.4. The molecule has 0 saturated heterocycles. The van der Waals surface area contributed by atoms with Gasteiger partial charge in [-0.1, -0.05) is 32.9 Å². The molecule has 0 aliphatic rings. The van der Waals surface area contributed by atoms with E-state index in [1.165, 1.54) is 17.7 Å². The Bertz CT molecular complexity index is 337. The Kier molecular flexibility index (Phi) is 7.99. The van der Waals surface area contributed by atoms with Gasteiger partial charge < -0.3 is 10.1 Å². The summed E-state index contributed by atoms with van der Waals surface area (Å²) in [6, 6.07) is 8.87. The van der Waals surface area contributed by atoms with Crippen molar-refractivity contribution < 1.29 is 4.74 Å². The standard InChI is InChI=1S/C16H27NOS/c1-5-10-17-16(12-19-11-13(2)3)14-6-8-15(18-4)9-7-14/h6-9,13,16-17H,5,10-12H2,1-4H3. The number of thioether (sulfide) groups is 1. The molecule has 1 unspecified atom stereocenters. The van der Waals surface area contributed by atoms with E-state index in [1.807, 2.05) is 23.9 Å². The van der Waals surface area contributed by atoms with Crippen molar-refractivity contribution in [2.75, 3.05) is 25.2 Å². The maximum Gasteiger partial charge on any atom is 0.118 e. The van der Waals surface area contributed by atoms with E-state index in [2.05, 4.69) is 38.2 Å². The van der Waals surface area contributed by atoms with Crippen molar-refractivity contribution in [1.29, 1.82) is 0 Å². The van der Waals surface area contributed by atoms with Gasteiger partial charge in [-0.3, -0.25) is 0 Å². The molecule has 1 N–H and O–H groups in total. The Labute approximate surface area is 122 Å². The minimum atomic E-state index is 0.439. The molecule has 0 amide bonds. The Morgan fingerprint density at radius 2 is 1.84 bits per heavy atom. The van der Waals surface area contributed by atoms with E-state index in [9.17, 15) is 0 Å². The van der Waals surface area contributed by atoms with Crippen molar-refractivity contribution in [2.45, 2.75) is 33.2 Å². The SMILES string of the molecule is CCCNC(CSCC(C)C)c1ccc(OC)cc1. The van der Waals surface area contributed by atoms with Crippen LogP contribution in [0.25, 0.3) is 0 Å². The third-order valence-corrected chi connectivity index (χ3v) is 4.37. The van der Waals surface area contributed by atoms with E-state index in [0.717, 1.165) is 24.0 Å². The highest BCUT2D eigenvalue weighted by Gasteiger charge is 2.11. The van der Waals surface area contributed by atoms with Gasteiger partial charge in [-0.2, -0.15) is 11.8 Å². The first-order valence-electron chi connectivity index (χ1n) is 7.12. The normalized spacial score (nSPS) is 12.7. The predicted octanol–water partition coefficient (Wildman–Crippen LogP) is 4.13. The number of benzene rings is 1. The van der Waals surface area contributed by atoms with Gasteiger partial charge in [-0.15, -0.1) is 0 Å². The van der Waals surface area contributed by atoms with Gasteiger partial charge in [0.2, 0.25) is 0 Å². The number of hydrogen-bond donors (Lipinski definition) is 1. The van der Waals surface area contributed by atoms with E-state index >= 15 is 0 Å². The number of hydrogen-bond acceptors (Lipinski definition) is 3. The molecule has 0 bridgehead atoms. The second kappa shape index (κ2) is 9.27. The lowest BCUT2D eigenvalue weighted by molar-refractivity contribution is 0.414. The zero-order chi connectivity index (χ0) is 14.1. The largest absolute Gasteiger partial charge is 0.497 e. The highest BCUT2D eigenvalue weighted by Crippen LogP contribution is 2.22. The third-order valence-electron chi connectivity index (χ3n) is 2.89. The summed E-state index contributed by atoms with van der Waals surface area (Å²) in [5.41, 5.74) is 1.35. The third kappa shape index (κ3) is 6.35. The summed E-state index contributed by atoms with van der Waals surface area (Å²) in [7, 11) is 1.71. The average molecular weight is 281 g/mol. The quantitative estimate of drug-likeness (QED) is 0.735. The molecule has 1 atom stereocenters. The summed E-state index contributed by atoms with van der Waals surface area (Å²) in [6.45, 7) is 7.82. The highest BCUT2D eigenvalue weighted by atomic mass is 32.2. The van der Waals surface area contributed by atoms with Crippen molar-refractivity contribution in [2.24, 2.45) is 5.92 Å². The fourth-order valence-electron chi connectivity index (χ4n) is 1.85. The molecule has 1 rings (SSSR count). The first-order valence-corrected chi connectivity index (χ1v) is 8.27. The molecular formula is C16H27NOS. The first-order chi connectivity index (χ1) is 9.17. The van der Waals surface area contributed by atoms with Gasteiger partial charge >= 0.3 is 0 Å². The number of rotatable bonds is 9. The second-order valence-electron chi connectivity index (χ2n) is 5.21. The molecule has 0 saturated carbocycles. The summed E-state index contributed by atoms with van der Waals surface area (Å²) in [5.74, 6) is 4.03. The predicted molar refractivity (Wildman–Crippen MR) is 86.2 cm³/mol. The van der Waals surface area contributed by atoms with E-state index in [4.69, 9.17) is 4.74 Å². The molecule has 19 heavy (non-hydrogen) atoms. The Balaban J connectivity index is 2.60. The maximum atomic E-state index is 5.22. The van der Waals surface area contributed by atoms with Crippen molar-refractivity contribution >= 4 is 11.8 Å². The fraction of sp³-hybridized carbons (Fsp3) is 0.625. The molecule has 0 spiro atoms. The van der Waals surface area contributed by atoms with Crippen LogP contribution in [-0.4, -0.2) is 25.2 Å². The van der Waals surface area contributed by atoms with Crippen LogP contribution in [0.1, 0.15) is 38.8 Å². The van der Waals surface area contributed by atoms with Crippen molar-refractivity contribution in [3.05, 3.63) is 29.8 Å². The van der Waals surface area contributed by atoms with Gasteiger partial charge in [0.05, 0.1) is 7.11 Å². The van der Waals surface area contributed by atoms with Crippen LogP contribution in [0.5, 0.6) is 5.75 Å². The molecule has 0 heterocycles. The Hall–Kier alpha value is -0.670. The van der Waals surface area contributed by atoms with Gasteiger partial charge in [-0.05, 0) is 42.3 Å². The van der Waals surface area contributed by atoms with Crippen LogP contribution in [0.2, 0.25) is 0 Å². The van der Waals surface area contributed by atoms with Crippen LogP contribution in [0, 0.1) is 5.92 Å². The molecular weight excluding hydrogens is 254 g/mol. The Morgan fingerprint density at radius 1 is 1.16 bits per heavy atom. The lowest BCUT2D eigenvalue weighted by Gasteiger charge is -2.19. The molecule has 0 aromatic heterocycles. The van der Waals surface area contributed by atoms with E-state index < -0.39 is 0 Å². The van der Waals surface area contributed by atoms with Crippen LogP contribution < -0.4 is 10.1 Å². The monoisotopic (exact) mass is 281 g/mol. The number of nitrogens with one attached hydrogen (secondary N) is 1. The van der Waals surface area contributed by atoms with Crippen molar-refractivity contribution in [1.82, 2.24) is 5.32 Å². The van der Waals surface area contributed by atoms with E-state index in [0.29, 0.717) is 6.04 Å². The fourth-order valence-corrected chi connectivity index (χ4v) is 3.00. The van der Waals surface area contributed by atoms with Gasteiger partial charge in [0.25, 0.3) is 0 Å². The van der Waals surface area contributed by atoms with E-state index in [-0.39, 0.29) is 0 Å². The number of methoxy groups -OCH3 is 1. The molecule has 3 heteroatoms.